The summed E-state index contributed by atoms with van der Waals surface area (Å²) in [5, 5.41) is 11.6. The van der Waals surface area contributed by atoms with Crippen molar-refractivity contribution in [3.8, 4) is 5.88 Å². The monoisotopic (exact) mass is 336 g/mol. The van der Waals surface area contributed by atoms with Crippen LogP contribution in [0.1, 0.15) is 5.56 Å². The zero-order chi connectivity index (χ0) is 17.0. The molecule has 2 N–H and O–H groups in total. The second-order valence-electron chi connectivity index (χ2n) is 5.24. The van der Waals surface area contributed by atoms with Crippen LogP contribution >= 0.6 is 0 Å². The van der Waals surface area contributed by atoms with Crippen LogP contribution in [0.25, 0.3) is 10.9 Å². The number of nitrogens with zero attached hydrogens (tertiary/aromatic N) is 2. The summed E-state index contributed by atoms with van der Waals surface area (Å²) < 4.78 is 40.6. The average molecular weight is 336 g/mol. The Morgan fingerprint density at radius 2 is 1.96 bits per heavy atom. The van der Waals surface area contributed by atoms with Gasteiger partial charge in [0.05, 0.1) is 0 Å². The number of anilines is 1. The molecule has 0 radical (unpaired) electrons. The van der Waals surface area contributed by atoms with Gasteiger partial charge in [-0.1, -0.05) is 6.07 Å². The van der Waals surface area contributed by atoms with Crippen LogP contribution in [0.4, 0.5) is 19.0 Å². The van der Waals surface area contributed by atoms with E-state index in [1.165, 1.54) is 17.7 Å². The van der Waals surface area contributed by atoms with Gasteiger partial charge < -0.3 is 15.0 Å². The molecule has 8 heteroatoms. The Bertz CT molecular complexity index is 799. The number of hydrogen-bond acceptors (Lipinski definition) is 4. The van der Waals surface area contributed by atoms with E-state index in [1.807, 2.05) is 24.4 Å². The lowest BCUT2D eigenvalue weighted by Gasteiger charge is -2.09. The Kier molecular flexibility index (Phi) is 4.54. The summed E-state index contributed by atoms with van der Waals surface area (Å²) >= 11 is 0. The van der Waals surface area contributed by atoms with Gasteiger partial charge in [0.15, 0.2) is 6.61 Å². The molecular formula is C16H15F3N4O. The van der Waals surface area contributed by atoms with Crippen LogP contribution < -0.4 is 10.1 Å². The molecule has 24 heavy (non-hydrogen) atoms. The Hall–Kier alpha value is -2.77. The number of alkyl halides is 3. The Morgan fingerprint density at radius 1 is 1.08 bits per heavy atom. The fourth-order valence-electron chi connectivity index (χ4n) is 2.24. The summed E-state index contributed by atoms with van der Waals surface area (Å²) in [6, 6.07) is 11.1. The van der Waals surface area contributed by atoms with Crippen molar-refractivity contribution in [2.45, 2.75) is 12.6 Å². The largest absolute Gasteiger partial charge is 0.467 e. The molecule has 0 atom stereocenters. The summed E-state index contributed by atoms with van der Waals surface area (Å²) in [7, 11) is 0. The smallest absolute Gasteiger partial charge is 0.422 e. The molecular weight excluding hydrogens is 321 g/mol. The van der Waals surface area contributed by atoms with Crippen molar-refractivity contribution in [1.82, 2.24) is 15.2 Å². The van der Waals surface area contributed by atoms with Gasteiger partial charge in [-0.2, -0.15) is 13.2 Å². The van der Waals surface area contributed by atoms with Crippen molar-refractivity contribution in [2.75, 3.05) is 18.5 Å². The molecule has 0 saturated carbocycles. The number of rotatable bonds is 6. The second-order valence-corrected chi connectivity index (χ2v) is 5.24. The van der Waals surface area contributed by atoms with Crippen molar-refractivity contribution in [3.05, 3.63) is 48.2 Å². The first-order valence-electron chi connectivity index (χ1n) is 7.33. The maximum Gasteiger partial charge on any atom is 0.422 e. The minimum Gasteiger partial charge on any atom is -0.467 e. The molecule has 2 aromatic heterocycles. The molecule has 0 aliphatic rings. The third-order valence-corrected chi connectivity index (χ3v) is 3.36. The fraction of sp³-hybridized carbons (Fsp3) is 0.250. The van der Waals surface area contributed by atoms with Crippen molar-refractivity contribution < 1.29 is 17.9 Å². The maximum atomic E-state index is 12.0. The van der Waals surface area contributed by atoms with E-state index in [-0.39, 0.29) is 5.88 Å². The number of benzene rings is 1. The van der Waals surface area contributed by atoms with E-state index in [2.05, 4.69) is 31.3 Å². The summed E-state index contributed by atoms with van der Waals surface area (Å²) in [4.78, 5) is 3.14. The van der Waals surface area contributed by atoms with Crippen molar-refractivity contribution >= 4 is 16.7 Å². The molecule has 126 valence electrons. The number of ether oxygens (including phenoxy) is 1. The highest BCUT2D eigenvalue weighted by Crippen LogP contribution is 2.17. The predicted octanol–water partition coefficient (Wildman–Crippen LogP) is 3.55. The molecule has 3 rings (SSSR count). The highest BCUT2D eigenvalue weighted by atomic mass is 19.4. The Balaban J connectivity index is 1.49. The molecule has 0 aliphatic carbocycles. The van der Waals surface area contributed by atoms with Gasteiger partial charge in [-0.3, -0.25) is 0 Å². The van der Waals surface area contributed by atoms with Gasteiger partial charge in [0.1, 0.15) is 5.82 Å². The van der Waals surface area contributed by atoms with Crippen LogP contribution in [0, 0.1) is 0 Å². The van der Waals surface area contributed by atoms with Crippen LogP contribution in [0.2, 0.25) is 0 Å². The minimum absolute atomic E-state index is 0.157. The van der Waals surface area contributed by atoms with Gasteiger partial charge in [0, 0.05) is 24.3 Å². The number of nitrogens with one attached hydrogen (secondary N) is 2. The topological polar surface area (TPSA) is 62.8 Å². The first-order chi connectivity index (χ1) is 11.5. The quantitative estimate of drug-likeness (QED) is 0.723. The molecule has 5 nitrogen and oxygen atoms in total. The molecule has 0 unspecified atom stereocenters. The Labute approximate surface area is 135 Å². The van der Waals surface area contributed by atoms with E-state index >= 15 is 0 Å². The van der Waals surface area contributed by atoms with E-state index in [4.69, 9.17) is 0 Å². The van der Waals surface area contributed by atoms with Gasteiger partial charge in [0.2, 0.25) is 5.88 Å². The van der Waals surface area contributed by atoms with Gasteiger partial charge in [-0.05, 0) is 41.6 Å². The fourth-order valence-corrected chi connectivity index (χ4v) is 2.24. The number of fused-ring (bicyclic) bond motifs is 1. The first-order valence-corrected chi connectivity index (χ1v) is 7.33. The van der Waals surface area contributed by atoms with Crippen molar-refractivity contribution in [2.24, 2.45) is 0 Å². The molecule has 2 heterocycles. The molecule has 0 fully saturated rings. The maximum absolute atomic E-state index is 12.0. The molecule has 0 amide bonds. The van der Waals surface area contributed by atoms with Crippen LogP contribution in [0.3, 0.4) is 0 Å². The normalized spacial score (nSPS) is 11.6. The van der Waals surface area contributed by atoms with E-state index < -0.39 is 12.8 Å². The zero-order valence-corrected chi connectivity index (χ0v) is 12.6. The highest BCUT2D eigenvalue weighted by Gasteiger charge is 2.28. The van der Waals surface area contributed by atoms with Crippen molar-refractivity contribution in [3.63, 3.8) is 0 Å². The van der Waals surface area contributed by atoms with Gasteiger partial charge in [-0.25, -0.2) is 0 Å². The average Bonchev–Trinajstić information content (AvgIpc) is 3.01. The van der Waals surface area contributed by atoms with E-state index in [9.17, 15) is 13.2 Å². The van der Waals surface area contributed by atoms with Gasteiger partial charge >= 0.3 is 6.18 Å². The highest BCUT2D eigenvalue weighted by molar-refractivity contribution is 5.79. The molecule has 0 aliphatic heterocycles. The lowest BCUT2D eigenvalue weighted by Crippen LogP contribution is -2.19. The SMILES string of the molecule is FC(F)(F)COc1ccc(NCCc2ccc3[nH]ccc3c2)nn1. The zero-order valence-electron chi connectivity index (χ0n) is 12.6. The molecule has 0 saturated heterocycles. The van der Waals surface area contributed by atoms with E-state index in [1.54, 1.807) is 0 Å². The third kappa shape index (κ3) is 4.37. The van der Waals surface area contributed by atoms with Crippen LogP contribution in [-0.2, 0) is 6.42 Å². The molecule has 0 spiro atoms. The number of hydrogen-bond donors (Lipinski definition) is 2. The van der Waals surface area contributed by atoms with Crippen LogP contribution in [0.5, 0.6) is 5.88 Å². The lowest BCUT2D eigenvalue weighted by atomic mass is 10.1. The summed E-state index contributed by atoms with van der Waals surface area (Å²) in [5.74, 6) is 0.327. The van der Waals surface area contributed by atoms with Gasteiger partial charge in [-0.15, -0.1) is 10.2 Å². The molecule has 1 aromatic carbocycles. The standard InChI is InChI=1S/C16H15F3N4O/c17-16(18,19)10-24-15-4-3-14(22-23-15)21-7-5-11-1-2-13-12(9-11)6-8-20-13/h1-4,6,8-9,20H,5,7,10H2,(H,21,22). The summed E-state index contributed by atoms with van der Waals surface area (Å²) in [6.45, 7) is -0.747. The second kappa shape index (κ2) is 6.77. The number of aromatic amines is 1. The molecule has 3 aromatic rings. The third-order valence-electron chi connectivity index (χ3n) is 3.36. The lowest BCUT2D eigenvalue weighted by molar-refractivity contribution is -0.154. The van der Waals surface area contributed by atoms with E-state index in [0.29, 0.717) is 12.4 Å². The summed E-state index contributed by atoms with van der Waals surface area (Å²) in [5.41, 5.74) is 2.26. The first kappa shape index (κ1) is 16.1. The number of aromatic nitrogens is 3. The Morgan fingerprint density at radius 3 is 2.71 bits per heavy atom. The van der Waals surface area contributed by atoms with Crippen LogP contribution in [-0.4, -0.2) is 34.5 Å². The minimum atomic E-state index is -4.39. The molecule has 0 bridgehead atoms. The van der Waals surface area contributed by atoms with E-state index in [0.717, 1.165) is 17.3 Å². The van der Waals surface area contributed by atoms with Gasteiger partial charge in [0.25, 0.3) is 0 Å². The summed E-state index contributed by atoms with van der Waals surface area (Å²) in [6.07, 6.45) is -1.71. The van der Waals surface area contributed by atoms with Crippen molar-refractivity contribution in [1.29, 1.82) is 0 Å². The predicted molar refractivity (Wildman–Crippen MR) is 84.1 cm³/mol. The number of H-pyrrole nitrogens is 1. The number of halogens is 3. The van der Waals surface area contributed by atoms with Crippen LogP contribution in [0.15, 0.2) is 42.6 Å².